The first-order valence-corrected chi connectivity index (χ1v) is 8.63. The molecule has 114 valence electrons. The summed E-state index contributed by atoms with van der Waals surface area (Å²) in [7, 11) is 0. The minimum Gasteiger partial charge on any atom is -0.492 e. The van der Waals surface area contributed by atoms with Crippen molar-refractivity contribution < 1.29 is 9.84 Å². The molecule has 5 heteroatoms. The van der Waals surface area contributed by atoms with Gasteiger partial charge in [0.2, 0.25) is 0 Å². The average molecular weight is 409 g/mol. The Kier molecular flexibility index (Phi) is 8.77. The van der Waals surface area contributed by atoms with Crippen LogP contribution in [0.4, 0.5) is 0 Å². The summed E-state index contributed by atoms with van der Waals surface area (Å²) in [4.78, 5) is 0. The summed E-state index contributed by atoms with van der Waals surface area (Å²) in [6, 6.07) is 4.16. The molecular weight excluding hydrogens is 386 g/mol. The lowest BCUT2D eigenvalue weighted by atomic mass is 10.0. The lowest BCUT2D eigenvalue weighted by molar-refractivity contribution is 0.251. The summed E-state index contributed by atoms with van der Waals surface area (Å²) >= 11 is 7.09. The van der Waals surface area contributed by atoms with Gasteiger partial charge in [-0.2, -0.15) is 0 Å². The van der Waals surface area contributed by atoms with Crippen LogP contribution in [-0.2, 0) is 6.54 Å². The lowest BCUT2D eigenvalue weighted by Crippen LogP contribution is -2.23. The Labute approximate surface area is 138 Å². The molecule has 1 rings (SSSR count). The molecule has 0 heterocycles. The van der Waals surface area contributed by atoms with Crippen molar-refractivity contribution in [2.45, 2.75) is 33.2 Å². The van der Waals surface area contributed by atoms with Crippen LogP contribution in [0.1, 0.15) is 32.3 Å². The summed E-state index contributed by atoms with van der Waals surface area (Å²) < 4.78 is 7.50. The van der Waals surface area contributed by atoms with Gasteiger partial charge in [-0.1, -0.05) is 13.3 Å². The highest BCUT2D eigenvalue weighted by Crippen LogP contribution is 2.34. The third-order valence-corrected chi connectivity index (χ3v) is 4.40. The van der Waals surface area contributed by atoms with Crippen LogP contribution in [0.2, 0.25) is 0 Å². The second kappa shape index (κ2) is 9.77. The van der Waals surface area contributed by atoms with E-state index in [-0.39, 0.29) is 6.61 Å². The number of aliphatic hydroxyl groups is 1. The molecule has 1 aromatic carbocycles. The van der Waals surface area contributed by atoms with Gasteiger partial charge in [0.1, 0.15) is 5.75 Å². The molecule has 0 saturated carbocycles. The average Bonchev–Trinajstić information content (AvgIpc) is 2.42. The lowest BCUT2D eigenvalue weighted by Gasteiger charge is -2.15. The number of aliphatic hydroxyl groups excluding tert-OH is 1. The maximum Gasteiger partial charge on any atom is 0.147 e. The third-order valence-electron chi connectivity index (χ3n) is 3.22. The topological polar surface area (TPSA) is 41.5 Å². The van der Waals surface area contributed by atoms with E-state index >= 15 is 0 Å². The highest BCUT2D eigenvalue weighted by Gasteiger charge is 2.09. The Balaban J connectivity index is 2.56. The summed E-state index contributed by atoms with van der Waals surface area (Å²) in [6.07, 6.45) is 1.95. The first-order valence-electron chi connectivity index (χ1n) is 7.04. The minimum absolute atomic E-state index is 0.264. The summed E-state index contributed by atoms with van der Waals surface area (Å²) in [6.45, 7) is 6.78. The number of benzene rings is 1. The van der Waals surface area contributed by atoms with Gasteiger partial charge in [-0.25, -0.2) is 0 Å². The van der Waals surface area contributed by atoms with Crippen molar-refractivity contribution in [2.75, 3.05) is 19.8 Å². The fourth-order valence-electron chi connectivity index (χ4n) is 2.05. The van der Waals surface area contributed by atoms with Crippen LogP contribution in [0.15, 0.2) is 21.1 Å². The van der Waals surface area contributed by atoms with Crippen LogP contribution in [0.3, 0.4) is 0 Å². The summed E-state index contributed by atoms with van der Waals surface area (Å²) in [5.41, 5.74) is 1.20. The first kappa shape index (κ1) is 18.0. The Morgan fingerprint density at radius 3 is 2.40 bits per heavy atom. The molecule has 0 radical (unpaired) electrons. The van der Waals surface area contributed by atoms with Gasteiger partial charge in [-0.3, -0.25) is 0 Å². The maximum atomic E-state index is 8.98. The molecule has 0 fully saturated rings. The van der Waals surface area contributed by atoms with E-state index < -0.39 is 0 Å². The first-order chi connectivity index (χ1) is 9.62. The molecule has 0 saturated heterocycles. The molecule has 3 nitrogen and oxygen atoms in total. The highest BCUT2D eigenvalue weighted by atomic mass is 79.9. The van der Waals surface area contributed by atoms with E-state index in [0.29, 0.717) is 12.5 Å². The van der Waals surface area contributed by atoms with Crippen molar-refractivity contribution in [1.29, 1.82) is 0 Å². The zero-order valence-electron chi connectivity index (χ0n) is 12.1. The fraction of sp³-hybridized carbons (Fsp3) is 0.600. The van der Waals surface area contributed by atoms with Gasteiger partial charge < -0.3 is 15.2 Å². The van der Waals surface area contributed by atoms with Crippen LogP contribution in [0.25, 0.3) is 0 Å². The zero-order chi connectivity index (χ0) is 15.0. The van der Waals surface area contributed by atoms with Gasteiger partial charge >= 0.3 is 0 Å². The Morgan fingerprint density at radius 1 is 1.25 bits per heavy atom. The molecule has 0 aromatic heterocycles. The second-order valence-electron chi connectivity index (χ2n) is 4.74. The van der Waals surface area contributed by atoms with Gasteiger partial charge in [0, 0.05) is 13.2 Å². The van der Waals surface area contributed by atoms with Crippen LogP contribution in [-0.4, -0.2) is 24.9 Å². The molecule has 0 amide bonds. The van der Waals surface area contributed by atoms with E-state index in [2.05, 4.69) is 56.2 Å². The molecule has 2 N–H and O–H groups in total. The van der Waals surface area contributed by atoms with Crippen LogP contribution >= 0.6 is 31.9 Å². The van der Waals surface area contributed by atoms with Gasteiger partial charge in [0.15, 0.2) is 0 Å². The van der Waals surface area contributed by atoms with E-state index in [9.17, 15) is 0 Å². The van der Waals surface area contributed by atoms with Crippen molar-refractivity contribution in [2.24, 2.45) is 5.92 Å². The van der Waals surface area contributed by atoms with Gasteiger partial charge in [0.05, 0.1) is 15.6 Å². The van der Waals surface area contributed by atoms with Gasteiger partial charge in [-0.15, -0.1) is 0 Å². The molecular formula is C15H23Br2NO2. The van der Waals surface area contributed by atoms with Crippen molar-refractivity contribution in [1.82, 2.24) is 5.32 Å². The number of halogens is 2. The van der Waals surface area contributed by atoms with Crippen molar-refractivity contribution >= 4 is 31.9 Å². The molecule has 20 heavy (non-hydrogen) atoms. The van der Waals surface area contributed by atoms with E-state index in [1.165, 1.54) is 5.56 Å². The fourth-order valence-corrected chi connectivity index (χ4v) is 3.56. The number of hydrogen-bond donors (Lipinski definition) is 2. The van der Waals surface area contributed by atoms with Crippen molar-refractivity contribution in [3.05, 3.63) is 26.6 Å². The molecule has 0 aliphatic rings. The molecule has 0 aliphatic carbocycles. The van der Waals surface area contributed by atoms with E-state index in [4.69, 9.17) is 9.84 Å². The Hall–Kier alpha value is -0.100. The molecule has 1 atom stereocenters. The van der Waals surface area contributed by atoms with E-state index in [1.54, 1.807) is 0 Å². The zero-order valence-corrected chi connectivity index (χ0v) is 15.3. The number of hydrogen-bond acceptors (Lipinski definition) is 3. The van der Waals surface area contributed by atoms with Gasteiger partial charge in [-0.05, 0) is 75.4 Å². The SMILES string of the molecule is CCOc1c(Br)cc(CNCC(CC)CCO)cc1Br. The number of ether oxygens (including phenoxy) is 1. The predicted molar refractivity (Wildman–Crippen MR) is 90.2 cm³/mol. The third kappa shape index (κ3) is 5.72. The Morgan fingerprint density at radius 2 is 1.90 bits per heavy atom. The number of rotatable bonds is 9. The molecule has 0 bridgehead atoms. The number of nitrogens with one attached hydrogen (secondary N) is 1. The van der Waals surface area contributed by atoms with E-state index in [0.717, 1.165) is 40.6 Å². The summed E-state index contributed by atoms with van der Waals surface area (Å²) in [5, 5.41) is 12.4. The molecule has 0 spiro atoms. The smallest absolute Gasteiger partial charge is 0.147 e. The quantitative estimate of drug-likeness (QED) is 0.645. The molecule has 0 aliphatic heterocycles. The summed E-state index contributed by atoms with van der Waals surface area (Å²) in [5.74, 6) is 1.39. The maximum absolute atomic E-state index is 8.98. The van der Waals surface area contributed by atoms with E-state index in [1.807, 2.05) is 6.92 Å². The predicted octanol–water partition coefficient (Wildman–Crippen LogP) is 4.11. The second-order valence-corrected chi connectivity index (χ2v) is 6.45. The van der Waals surface area contributed by atoms with Crippen LogP contribution in [0.5, 0.6) is 5.75 Å². The molecule has 1 aromatic rings. The minimum atomic E-state index is 0.264. The van der Waals surface area contributed by atoms with Gasteiger partial charge in [0.25, 0.3) is 0 Å². The largest absolute Gasteiger partial charge is 0.492 e. The van der Waals surface area contributed by atoms with Crippen molar-refractivity contribution in [3.63, 3.8) is 0 Å². The van der Waals surface area contributed by atoms with Crippen molar-refractivity contribution in [3.8, 4) is 5.75 Å². The highest BCUT2D eigenvalue weighted by molar-refractivity contribution is 9.11. The Bertz CT molecular complexity index is 390. The normalized spacial score (nSPS) is 12.4. The van der Waals surface area contributed by atoms with Crippen LogP contribution in [0, 0.1) is 5.92 Å². The standard InChI is InChI=1S/C15H23Br2NO2/c1-3-11(5-6-19)9-18-10-12-7-13(16)15(20-4-2)14(17)8-12/h7-8,11,18-19H,3-6,9-10H2,1-2H3. The monoisotopic (exact) mass is 407 g/mol. The van der Waals surface area contributed by atoms with Crippen LogP contribution < -0.4 is 10.1 Å². The molecule has 1 unspecified atom stereocenters.